The van der Waals surface area contributed by atoms with Crippen molar-refractivity contribution in [3.8, 4) is 0 Å². The molecule has 0 radical (unpaired) electrons. The second-order valence-corrected chi connectivity index (χ2v) is 10.4. The van der Waals surface area contributed by atoms with Gasteiger partial charge in [-0.25, -0.2) is 0 Å². The summed E-state index contributed by atoms with van der Waals surface area (Å²) in [6.07, 6.45) is -7.90. The van der Waals surface area contributed by atoms with Gasteiger partial charge in [0.1, 0.15) is 6.04 Å². The zero-order valence-corrected chi connectivity index (χ0v) is 23.2. The average Bonchev–Trinajstić information content (AvgIpc) is 2.71. The lowest BCUT2D eigenvalue weighted by Gasteiger charge is -2.18. The smallest absolute Gasteiger partial charge is 0.354 e. The van der Waals surface area contributed by atoms with Gasteiger partial charge in [-0.3, -0.25) is 9.59 Å². The molecule has 13 heteroatoms. The van der Waals surface area contributed by atoms with E-state index in [1.165, 1.54) is 43.3 Å². The Kier molecular flexibility index (Phi) is 10.6. The number of carbonyl (C=O) groups excluding carboxylic acids is 2. The van der Waals surface area contributed by atoms with E-state index in [9.17, 15) is 35.9 Å². The van der Waals surface area contributed by atoms with E-state index in [4.69, 9.17) is 0 Å². The molecule has 0 bridgehead atoms. The molecule has 2 N–H and O–H groups in total. The number of rotatable bonds is 8. The maximum absolute atomic E-state index is 13.7. The molecule has 0 heterocycles. The van der Waals surface area contributed by atoms with Gasteiger partial charge in [0, 0.05) is 20.0 Å². The van der Waals surface area contributed by atoms with Gasteiger partial charge in [0.2, 0.25) is 5.91 Å². The molecule has 0 aliphatic rings. The summed E-state index contributed by atoms with van der Waals surface area (Å²) in [5.41, 5.74) is 0.489. The summed E-state index contributed by atoms with van der Waals surface area (Å²) in [6, 6.07) is 7.46. The number of allylic oxidation sites excluding steroid dienone is 1. The van der Waals surface area contributed by atoms with Crippen LogP contribution in [0.3, 0.4) is 0 Å². The third kappa shape index (κ3) is 9.55. The molecule has 4 nitrogen and oxygen atoms in total. The molecule has 0 fully saturated rings. The first-order chi connectivity index (χ1) is 16.6. The van der Waals surface area contributed by atoms with Crippen molar-refractivity contribution in [2.45, 2.75) is 37.7 Å². The Bertz CT molecular complexity index is 1120. The van der Waals surface area contributed by atoms with Crippen molar-refractivity contribution in [3.63, 3.8) is 0 Å². The molecule has 0 saturated heterocycles. The summed E-state index contributed by atoms with van der Waals surface area (Å²) in [6.45, 7) is 0.687. The van der Waals surface area contributed by atoms with Gasteiger partial charge in [0.15, 0.2) is 0 Å². The molecule has 2 aromatic carbocycles. The first-order valence-corrected chi connectivity index (χ1v) is 12.6. The van der Waals surface area contributed by atoms with E-state index >= 15 is 0 Å². The minimum absolute atomic E-state index is 0.0255. The number of carbonyl (C=O) groups is 2. The van der Waals surface area contributed by atoms with Crippen molar-refractivity contribution in [1.82, 2.24) is 10.6 Å². The Labute approximate surface area is 228 Å². The zero-order valence-electron chi connectivity index (χ0n) is 18.4. The van der Waals surface area contributed by atoms with Crippen LogP contribution in [0.4, 0.5) is 26.3 Å². The number of alkyl halides is 6. The second-order valence-electron chi connectivity index (χ2n) is 7.67. The minimum Gasteiger partial charge on any atom is -0.354 e. The third-order valence-corrected chi connectivity index (χ3v) is 6.34. The molecule has 2 aromatic rings. The first-order valence-electron chi connectivity index (χ1n) is 10.2. The van der Waals surface area contributed by atoms with E-state index in [2.05, 4.69) is 58.4 Å². The monoisotopic (exact) mass is 706 g/mol. The first kappa shape index (κ1) is 30.4. The molecule has 2 amide bonds. The standard InChI is InChI=1S/C23H19Br3F6N2O2/c1-12(20(35)33-7-6-22(27,28)29)34-21(36)17-4-2-13(8-19(17)26)3-5-18(23(30,31)32)14-9-15(24)11-16(25)10-14/h2-5,8-12,18H,6-7H2,1H3,(H,33,35)(H,34,36). The van der Waals surface area contributed by atoms with Crippen molar-refractivity contribution < 1.29 is 35.9 Å². The molecule has 196 valence electrons. The third-order valence-electron chi connectivity index (χ3n) is 4.76. The quantitative estimate of drug-likeness (QED) is 0.279. The predicted molar refractivity (Wildman–Crippen MR) is 134 cm³/mol. The van der Waals surface area contributed by atoms with E-state index < -0.39 is 49.1 Å². The number of halogens is 9. The van der Waals surface area contributed by atoms with Crippen molar-refractivity contribution in [3.05, 3.63) is 72.6 Å². The van der Waals surface area contributed by atoms with E-state index in [-0.39, 0.29) is 15.6 Å². The van der Waals surface area contributed by atoms with Gasteiger partial charge >= 0.3 is 12.4 Å². The molecule has 0 saturated carbocycles. The Morgan fingerprint density at radius 1 is 0.972 bits per heavy atom. The molecule has 0 aliphatic carbocycles. The highest BCUT2D eigenvalue weighted by Gasteiger charge is 2.39. The predicted octanol–water partition coefficient (Wildman–Crippen LogP) is 7.52. The van der Waals surface area contributed by atoms with Crippen molar-refractivity contribution >= 4 is 65.7 Å². The SMILES string of the molecule is CC(NC(=O)c1ccc(C=CC(c2cc(Br)cc(Br)c2)C(F)(F)F)cc1Br)C(=O)NCCC(F)(F)F. The van der Waals surface area contributed by atoms with E-state index in [0.29, 0.717) is 14.5 Å². The van der Waals surface area contributed by atoms with Crippen LogP contribution in [0.15, 0.2) is 55.9 Å². The molecule has 0 aliphatic heterocycles. The Morgan fingerprint density at radius 2 is 1.58 bits per heavy atom. The van der Waals surface area contributed by atoms with E-state index in [1.54, 1.807) is 6.07 Å². The fraction of sp³-hybridized carbons (Fsp3) is 0.304. The van der Waals surface area contributed by atoms with Gasteiger partial charge in [0.25, 0.3) is 5.91 Å². The van der Waals surface area contributed by atoms with Gasteiger partial charge in [-0.15, -0.1) is 0 Å². The Hall–Kier alpha value is -1.86. The van der Waals surface area contributed by atoms with Crippen LogP contribution in [0.1, 0.15) is 40.7 Å². The molecule has 0 aromatic heterocycles. The number of hydrogen-bond donors (Lipinski definition) is 2. The van der Waals surface area contributed by atoms with Crippen molar-refractivity contribution in [2.75, 3.05) is 6.54 Å². The van der Waals surface area contributed by atoms with Gasteiger partial charge in [0.05, 0.1) is 17.9 Å². The Balaban J connectivity index is 2.12. The van der Waals surface area contributed by atoms with Gasteiger partial charge < -0.3 is 10.6 Å². The zero-order chi connectivity index (χ0) is 27.3. The summed E-state index contributed by atoms with van der Waals surface area (Å²) in [7, 11) is 0. The van der Waals surface area contributed by atoms with Crippen LogP contribution in [0, 0.1) is 0 Å². The molecular weight excluding hydrogens is 690 g/mol. The van der Waals surface area contributed by atoms with Gasteiger partial charge in [-0.1, -0.05) is 50.1 Å². The molecule has 0 spiro atoms. The largest absolute Gasteiger partial charge is 0.399 e. The van der Waals surface area contributed by atoms with Gasteiger partial charge in [-0.2, -0.15) is 26.3 Å². The van der Waals surface area contributed by atoms with Crippen LogP contribution in [0.25, 0.3) is 6.08 Å². The summed E-state index contributed by atoms with van der Waals surface area (Å²) >= 11 is 9.56. The van der Waals surface area contributed by atoms with Crippen LogP contribution in [-0.2, 0) is 4.79 Å². The highest BCUT2D eigenvalue weighted by Crippen LogP contribution is 2.38. The number of benzene rings is 2. The highest BCUT2D eigenvalue weighted by atomic mass is 79.9. The normalized spacial score (nSPS) is 13.9. The second kappa shape index (κ2) is 12.6. The molecule has 2 atom stereocenters. The lowest BCUT2D eigenvalue weighted by Crippen LogP contribution is -2.45. The summed E-state index contributed by atoms with van der Waals surface area (Å²) in [4.78, 5) is 24.4. The van der Waals surface area contributed by atoms with Gasteiger partial charge in [-0.05, 0) is 64.3 Å². The van der Waals surface area contributed by atoms with Crippen LogP contribution in [0.2, 0.25) is 0 Å². The fourth-order valence-corrected chi connectivity index (χ4v) is 4.92. The maximum atomic E-state index is 13.7. The fourth-order valence-electron chi connectivity index (χ4n) is 3.01. The van der Waals surface area contributed by atoms with E-state index in [0.717, 1.165) is 6.08 Å². The number of amides is 2. The lowest BCUT2D eigenvalue weighted by atomic mass is 9.97. The topological polar surface area (TPSA) is 58.2 Å². The van der Waals surface area contributed by atoms with Crippen LogP contribution in [0.5, 0.6) is 0 Å². The number of hydrogen-bond acceptors (Lipinski definition) is 2. The highest BCUT2D eigenvalue weighted by molar-refractivity contribution is 9.11. The molecule has 2 unspecified atom stereocenters. The summed E-state index contributed by atoms with van der Waals surface area (Å²) in [5, 5.41) is 4.46. The van der Waals surface area contributed by atoms with Crippen molar-refractivity contribution in [1.29, 1.82) is 0 Å². The maximum Gasteiger partial charge on any atom is 0.399 e. The number of nitrogens with one attached hydrogen (secondary N) is 2. The molecule has 2 rings (SSSR count). The average molecular weight is 709 g/mol. The Morgan fingerprint density at radius 3 is 2.11 bits per heavy atom. The molecular formula is C23H19Br3F6N2O2. The van der Waals surface area contributed by atoms with Crippen LogP contribution in [-0.4, -0.2) is 36.8 Å². The van der Waals surface area contributed by atoms with Crippen LogP contribution >= 0.6 is 47.8 Å². The van der Waals surface area contributed by atoms with E-state index in [1.807, 2.05) is 0 Å². The minimum atomic E-state index is -4.55. The lowest BCUT2D eigenvalue weighted by molar-refractivity contribution is -0.139. The van der Waals surface area contributed by atoms with Crippen LogP contribution < -0.4 is 10.6 Å². The summed E-state index contributed by atoms with van der Waals surface area (Å²) < 4.78 is 79.0. The summed E-state index contributed by atoms with van der Waals surface area (Å²) in [5.74, 6) is -3.37. The molecule has 36 heavy (non-hydrogen) atoms. The van der Waals surface area contributed by atoms with Crippen molar-refractivity contribution in [2.24, 2.45) is 0 Å².